The monoisotopic (exact) mass is 347 g/mol. The van der Waals surface area contributed by atoms with Crippen molar-refractivity contribution in [1.82, 2.24) is 15.2 Å². The van der Waals surface area contributed by atoms with Crippen LogP contribution < -0.4 is 0 Å². The van der Waals surface area contributed by atoms with Gasteiger partial charge in [0.25, 0.3) is 0 Å². The summed E-state index contributed by atoms with van der Waals surface area (Å²) in [5, 5.41) is 11.8. The molecule has 1 unspecified atom stereocenters. The number of aromatic nitrogens is 3. The number of fused-ring (bicyclic) bond motifs is 1. The fraction of sp³-hybridized carbons (Fsp3) is 0.267. The third-order valence-corrected chi connectivity index (χ3v) is 5.60. The molecule has 0 saturated carbocycles. The summed E-state index contributed by atoms with van der Waals surface area (Å²) in [6.07, 6.45) is 1.00. The van der Waals surface area contributed by atoms with Crippen molar-refractivity contribution in [1.29, 1.82) is 0 Å². The lowest BCUT2D eigenvalue weighted by Gasteiger charge is -2.04. The van der Waals surface area contributed by atoms with E-state index < -0.39 is 0 Å². The Kier molecular flexibility index (Phi) is 3.81. The first-order chi connectivity index (χ1) is 9.69. The molecule has 0 radical (unpaired) electrons. The first-order valence-electron chi connectivity index (χ1n) is 6.53. The normalized spacial score (nSPS) is 12.8. The Labute approximate surface area is 130 Å². The van der Waals surface area contributed by atoms with E-state index in [2.05, 4.69) is 50.2 Å². The van der Waals surface area contributed by atoms with Crippen LogP contribution in [0.5, 0.6) is 0 Å². The lowest BCUT2D eigenvalue weighted by atomic mass is 10.1. The minimum absolute atomic E-state index is 0.281. The van der Waals surface area contributed by atoms with E-state index in [1.165, 1.54) is 0 Å². The van der Waals surface area contributed by atoms with Gasteiger partial charge in [0.05, 0.1) is 10.3 Å². The topological polar surface area (TPSA) is 38.7 Å². The van der Waals surface area contributed by atoms with E-state index in [0.717, 1.165) is 38.6 Å². The third kappa shape index (κ3) is 2.47. The fourth-order valence-electron chi connectivity index (χ4n) is 2.13. The third-order valence-electron chi connectivity index (χ3n) is 3.14. The highest BCUT2D eigenvalue weighted by Gasteiger charge is 2.15. The Morgan fingerprint density at radius 1 is 1.25 bits per heavy atom. The molecule has 0 aliphatic heterocycles. The Bertz CT molecular complexity index is 754. The molecular formula is C15H14BrN3S. The summed E-state index contributed by atoms with van der Waals surface area (Å²) in [5.74, 6) is 0. The summed E-state index contributed by atoms with van der Waals surface area (Å²) in [5.41, 5.74) is 3.12. The lowest BCUT2D eigenvalue weighted by molar-refractivity contribution is 0.870. The Hall–Kier alpha value is -1.33. The molecule has 0 saturated heterocycles. The maximum atomic E-state index is 4.57. The number of hydrogen-bond acceptors (Lipinski definition) is 4. The van der Waals surface area contributed by atoms with Crippen LogP contribution >= 0.6 is 27.3 Å². The van der Waals surface area contributed by atoms with Crippen LogP contribution in [0, 0.1) is 6.92 Å². The van der Waals surface area contributed by atoms with Gasteiger partial charge in [0.2, 0.25) is 0 Å². The molecule has 3 rings (SSSR count). The van der Waals surface area contributed by atoms with Gasteiger partial charge in [0, 0.05) is 16.6 Å². The second-order valence-electron chi connectivity index (χ2n) is 4.65. The Balaban J connectivity index is 2.16. The zero-order valence-electron chi connectivity index (χ0n) is 11.3. The summed E-state index contributed by atoms with van der Waals surface area (Å²) in [7, 11) is 0. The van der Waals surface area contributed by atoms with Crippen molar-refractivity contribution in [3.05, 3.63) is 41.0 Å². The number of alkyl halides is 1. The van der Waals surface area contributed by atoms with Crippen LogP contribution in [0.15, 0.2) is 30.3 Å². The molecule has 20 heavy (non-hydrogen) atoms. The number of para-hydroxylation sites is 1. The summed E-state index contributed by atoms with van der Waals surface area (Å²) < 4.78 is 0. The van der Waals surface area contributed by atoms with E-state index in [1.807, 2.05) is 25.1 Å². The van der Waals surface area contributed by atoms with E-state index in [0.29, 0.717) is 0 Å². The SMILES string of the molecule is CCC(Br)c1nnc(-c2cc(C)nc3ccccc23)s1. The number of rotatable bonds is 3. The molecule has 5 heteroatoms. The van der Waals surface area contributed by atoms with Crippen LogP contribution in [0.1, 0.15) is 28.9 Å². The molecule has 1 atom stereocenters. The summed E-state index contributed by atoms with van der Waals surface area (Å²) in [6.45, 7) is 4.14. The minimum atomic E-state index is 0.281. The molecule has 0 amide bonds. The molecule has 0 N–H and O–H groups in total. The van der Waals surface area contributed by atoms with Crippen molar-refractivity contribution in [3.63, 3.8) is 0 Å². The van der Waals surface area contributed by atoms with Crippen LogP contribution in [0.25, 0.3) is 21.5 Å². The Morgan fingerprint density at radius 3 is 2.85 bits per heavy atom. The van der Waals surface area contributed by atoms with Gasteiger partial charge in [-0.1, -0.05) is 52.4 Å². The van der Waals surface area contributed by atoms with Gasteiger partial charge in [-0.2, -0.15) is 0 Å². The highest BCUT2D eigenvalue weighted by atomic mass is 79.9. The van der Waals surface area contributed by atoms with E-state index in [1.54, 1.807) is 11.3 Å². The van der Waals surface area contributed by atoms with Gasteiger partial charge in [-0.25, -0.2) is 0 Å². The number of aryl methyl sites for hydroxylation is 1. The minimum Gasteiger partial charge on any atom is -0.253 e. The molecule has 2 heterocycles. The van der Waals surface area contributed by atoms with Crippen LogP contribution in [0.4, 0.5) is 0 Å². The van der Waals surface area contributed by atoms with Gasteiger partial charge in [0.15, 0.2) is 0 Å². The molecular weight excluding hydrogens is 334 g/mol. The predicted molar refractivity (Wildman–Crippen MR) is 87.3 cm³/mol. The van der Waals surface area contributed by atoms with E-state index in [9.17, 15) is 0 Å². The zero-order chi connectivity index (χ0) is 14.1. The van der Waals surface area contributed by atoms with Crippen molar-refractivity contribution in [3.8, 4) is 10.6 Å². The van der Waals surface area contributed by atoms with Crippen molar-refractivity contribution in [2.75, 3.05) is 0 Å². The van der Waals surface area contributed by atoms with Crippen molar-refractivity contribution >= 4 is 38.2 Å². The number of hydrogen-bond donors (Lipinski definition) is 0. The largest absolute Gasteiger partial charge is 0.253 e. The first-order valence-corrected chi connectivity index (χ1v) is 8.26. The summed E-state index contributed by atoms with van der Waals surface area (Å²) >= 11 is 5.28. The highest BCUT2D eigenvalue weighted by Crippen LogP contribution is 2.35. The van der Waals surface area contributed by atoms with Gasteiger partial charge in [-0.3, -0.25) is 4.98 Å². The quantitative estimate of drug-likeness (QED) is 0.632. The standard InChI is InChI=1S/C15H14BrN3S/c1-3-12(16)15-19-18-14(20-15)11-8-9(2)17-13-7-5-4-6-10(11)13/h4-8,12H,3H2,1-2H3. The lowest BCUT2D eigenvalue weighted by Crippen LogP contribution is -1.87. The molecule has 2 aromatic heterocycles. The molecule has 0 aliphatic rings. The van der Waals surface area contributed by atoms with E-state index >= 15 is 0 Å². The van der Waals surface area contributed by atoms with Gasteiger partial charge >= 0.3 is 0 Å². The van der Waals surface area contributed by atoms with Crippen molar-refractivity contribution in [2.24, 2.45) is 0 Å². The van der Waals surface area contributed by atoms with Gasteiger partial charge in [-0.05, 0) is 25.5 Å². The van der Waals surface area contributed by atoms with Crippen LogP contribution in [-0.4, -0.2) is 15.2 Å². The zero-order valence-corrected chi connectivity index (χ0v) is 13.7. The molecule has 102 valence electrons. The second kappa shape index (κ2) is 5.58. The fourth-order valence-corrected chi connectivity index (χ4v) is 3.44. The summed E-state index contributed by atoms with van der Waals surface area (Å²) in [6, 6.07) is 10.2. The molecule has 0 fully saturated rings. The van der Waals surface area contributed by atoms with Gasteiger partial charge in [0.1, 0.15) is 10.0 Å². The molecule has 1 aromatic carbocycles. The maximum absolute atomic E-state index is 4.57. The second-order valence-corrected chi connectivity index (χ2v) is 6.76. The molecule has 0 aliphatic carbocycles. The Morgan fingerprint density at radius 2 is 2.05 bits per heavy atom. The number of pyridine rings is 1. The maximum Gasteiger partial charge on any atom is 0.148 e. The average molecular weight is 348 g/mol. The van der Waals surface area contributed by atoms with E-state index in [-0.39, 0.29) is 4.83 Å². The number of nitrogens with zero attached hydrogens (tertiary/aromatic N) is 3. The smallest absolute Gasteiger partial charge is 0.148 e. The molecule has 0 bridgehead atoms. The number of halogens is 1. The highest BCUT2D eigenvalue weighted by molar-refractivity contribution is 9.09. The van der Waals surface area contributed by atoms with Crippen LogP contribution in [-0.2, 0) is 0 Å². The van der Waals surface area contributed by atoms with Crippen molar-refractivity contribution in [2.45, 2.75) is 25.1 Å². The molecule has 3 aromatic rings. The van der Waals surface area contributed by atoms with Gasteiger partial charge < -0.3 is 0 Å². The van der Waals surface area contributed by atoms with Gasteiger partial charge in [-0.15, -0.1) is 10.2 Å². The average Bonchev–Trinajstić information content (AvgIpc) is 2.95. The molecule has 3 nitrogen and oxygen atoms in total. The summed E-state index contributed by atoms with van der Waals surface area (Å²) in [4.78, 5) is 4.85. The van der Waals surface area contributed by atoms with Crippen LogP contribution in [0.2, 0.25) is 0 Å². The number of benzene rings is 1. The first kappa shape index (κ1) is 13.6. The van der Waals surface area contributed by atoms with Crippen molar-refractivity contribution < 1.29 is 0 Å². The molecule has 0 spiro atoms. The predicted octanol–water partition coefficient (Wildman–Crippen LogP) is 4.91. The van der Waals surface area contributed by atoms with E-state index in [4.69, 9.17) is 0 Å². The van der Waals surface area contributed by atoms with Crippen LogP contribution in [0.3, 0.4) is 0 Å².